The first-order valence-electron chi connectivity index (χ1n) is 13.9. The third-order valence-corrected chi connectivity index (χ3v) is 10.2. The van der Waals surface area contributed by atoms with Gasteiger partial charge >= 0.3 is 8.80 Å². The maximum Gasteiger partial charge on any atom is 0.500 e. The van der Waals surface area contributed by atoms with E-state index < -0.39 is 8.80 Å². The molecule has 5 heteroatoms. The fourth-order valence-electron chi connectivity index (χ4n) is 4.84. The number of nitrogens with two attached hydrogens (primary N) is 1. The van der Waals surface area contributed by atoms with E-state index in [1.165, 1.54) is 103 Å². The molecule has 0 aliphatic rings. The highest BCUT2D eigenvalue weighted by atomic mass is 28.4. The van der Waals surface area contributed by atoms with Crippen molar-refractivity contribution in [2.75, 3.05) is 21.3 Å². The number of hydrogen-bond donors (Lipinski definition) is 1. The monoisotopic (exact) mass is 473 g/mol. The molecule has 0 saturated carbocycles. The Kier molecular flexibility index (Phi) is 20.5. The SMILES string of the molecule is CCCCCCCCCCC(C[Si](OC)(OC)OC)C(C)(N)CCCCCCCCCC. The van der Waals surface area contributed by atoms with Crippen LogP contribution in [-0.4, -0.2) is 35.7 Å². The lowest BCUT2D eigenvalue weighted by atomic mass is 9.80. The first kappa shape index (κ1) is 32.1. The molecule has 0 aliphatic carbocycles. The van der Waals surface area contributed by atoms with Crippen molar-refractivity contribution in [3.05, 3.63) is 0 Å². The van der Waals surface area contributed by atoms with Gasteiger partial charge in [-0.3, -0.25) is 0 Å². The van der Waals surface area contributed by atoms with Gasteiger partial charge in [-0.1, -0.05) is 117 Å². The fraction of sp³-hybridized carbons (Fsp3) is 1.00. The van der Waals surface area contributed by atoms with E-state index in [9.17, 15) is 0 Å². The summed E-state index contributed by atoms with van der Waals surface area (Å²) in [6.45, 7) is 6.81. The summed E-state index contributed by atoms with van der Waals surface area (Å²) in [5, 5.41) is 0. The van der Waals surface area contributed by atoms with E-state index in [-0.39, 0.29) is 5.54 Å². The van der Waals surface area contributed by atoms with Gasteiger partial charge in [-0.25, -0.2) is 0 Å². The Morgan fingerprint density at radius 2 is 1.00 bits per heavy atom. The van der Waals surface area contributed by atoms with Gasteiger partial charge in [0.2, 0.25) is 0 Å². The van der Waals surface area contributed by atoms with Crippen LogP contribution in [0.5, 0.6) is 0 Å². The Labute approximate surface area is 203 Å². The normalized spacial score (nSPS) is 15.1. The zero-order valence-electron chi connectivity index (χ0n) is 22.8. The van der Waals surface area contributed by atoms with E-state index in [4.69, 9.17) is 19.0 Å². The molecule has 0 bridgehead atoms. The Morgan fingerprint density at radius 1 is 0.625 bits per heavy atom. The molecule has 0 fully saturated rings. The molecule has 0 saturated heterocycles. The van der Waals surface area contributed by atoms with Crippen molar-refractivity contribution in [3.63, 3.8) is 0 Å². The van der Waals surface area contributed by atoms with Gasteiger partial charge < -0.3 is 19.0 Å². The molecule has 2 N–H and O–H groups in total. The van der Waals surface area contributed by atoms with E-state index >= 15 is 0 Å². The van der Waals surface area contributed by atoms with Crippen LogP contribution in [-0.2, 0) is 13.3 Å². The minimum Gasteiger partial charge on any atom is -0.377 e. The summed E-state index contributed by atoms with van der Waals surface area (Å²) in [5.41, 5.74) is 6.77. The Balaban J connectivity index is 4.58. The molecule has 0 spiro atoms. The van der Waals surface area contributed by atoms with Crippen LogP contribution in [0.4, 0.5) is 0 Å². The van der Waals surface area contributed by atoms with Crippen LogP contribution in [0.15, 0.2) is 0 Å². The van der Waals surface area contributed by atoms with E-state index in [0.29, 0.717) is 5.92 Å². The molecule has 4 nitrogen and oxygen atoms in total. The van der Waals surface area contributed by atoms with Crippen molar-refractivity contribution >= 4 is 8.80 Å². The molecular formula is C27H59NO3Si. The summed E-state index contributed by atoms with van der Waals surface area (Å²) in [6.07, 6.45) is 23.7. The third-order valence-electron chi connectivity index (χ3n) is 7.34. The second-order valence-corrected chi connectivity index (χ2v) is 13.2. The van der Waals surface area contributed by atoms with Crippen LogP contribution in [0.25, 0.3) is 0 Å². The van der Waals surface area contributed by atoms with Gasteiger partial charge in [0.25, 0.3) is 0 Å². The summed E-state index contributed by atoms with van der Waals surface area (Å²) in [4.78, 5) is 0. The first-order valence-corrected chi connectivity index (χ1v) is 15.8. The smallest absolute Gasteiger partial charge is 0.377 e. The predicted molar refractivity (Wildman–Crippen MR) is 142 cm³/mol. The molecule has 0 rings (SSSR count). The maximum absolute atomic E-state index is 6.96. The Hall–Kier alpha value is 0.0569. The van der Waals surface area contributed by atoms with Gasteiger partial charge in [0, 0.05) is 32.9 Å². The molecule has 194 valence electrons. The second-order valence-electron chi connectivity index (χ2n) is 10.2. The Morgan fingerprint density at radius 3 is 1.41 bits per heavy atom. The van der Waals surface area contributed by atoms with Crippen molar-refractivity contribution < 1.29 is 13.3 Å². The maximum atomic E-state index is 6.96. The number of unbranched alkanes of at least 4 members (excludes halogenated alkanes) is 14. The van der Waals surface area contributed by atoms with Crippen molar-refractivity contribution in [2.45, 2.75) is 148 Å². The van der Waals surface area contributed by atoms with Crippen molar-refractivity contribution in [3.8, 4) is 0 Å². The lowest BCUT2D eigenvalue weighted by Gasteiger charge is -2.38. The topological polar surface area (TPSA) is 53.7 Å². The summed E-state index contributed by atoms with van der Waals surface area (Å²) in [7, 11) is 2.53. The van der Waals surface area contributed by atoms with Gasteiger partial charge in [0.1, 0.15) is 0 Å². The predicted octanol–water partition coefficient (Wildman–Crippen LogP) is 8.26. The zero-order chi connectivity index (χ0) is 24.1. The van der Waals surface area contributed by atoms with Crippen LogP contribution in [0.3, 0.4) is 0 Å². The molecule has 32 heavy (non-hydrogen) atoms. The van der Waals surface area contributed by atoms with Crippen molar-refractivity contribution in [2.24, 2.45) is 11.7 Å². The molecule has 2 atom stereocenters. The molecule has 0 amide bonds. The van der Waals surface area contributed by atoms with Crippen LogP contribution in [0.2, 0.25) is 6.04 Å². The van der Waals surface area contributed by atoms with Crippen LogP contribution in [0, 0.1) is 5.92 Å². The van der Waals surface area contributed by atoms with Gasteiger partial charge in [-0.2, -0.15) is 0 Å². The molecule has 0 aromatic heterocycles. The van der Waals surface area contributed by atoms with Gasteiger partial charge in [-0.05, 0) is 25.7 Å². The number of rotatable bonds is 24. The molecule has 2 unspecified atom stereocenters. The van der Waals surface area contributed by atoms with Crippen LogP contribution >= 0.6 is 0 Å². The van der Waals surface area contributed by atoms with Gasteiger partial charge in [0.15, 0.2) is 0 Å². The highest BCUT2D eigenvalue weighted by Gasteiger charge is 2.44. The lowest BCUT2D eigenvalue weighted by Crippen LogP contribution is -2.52. The van der Waals surface area contributed by atoms with Crippen LogP contribution in [0.1, 0.15) is 136 Å². The second kappa shape index (κ2) is 20.4. The summed E-state index contributed by atoms with van der Waals surface area (Å²) >= 11 is 0. The summed E-state index contributed by atoms with van der Waals surface area (Å²) in [5.74, 6) is 0.374. The molecule has 0 aromatic rings. The average molecular weight is 474 g/mol. The highest BCUT2D eigenvalue weighted by molar-refractivity contribution is 6.60. The minimum atomic E-state index is -2.63. The summed E-state index contributed by atoms with van der Waals surface area (Å²) in [6, 6.07) is 0.816. The standard InChI is InChI=1S/C27H59NO3Si/c1-7-9-11-13-15-17-19-21-23-26(25-32(29-4,30-5)31-6)27(3,28)24-22-20-18-16-14-12-10-8-2/h26H,7-25,28H2,1-6H3. The first-order chi connectivity index (χ1) is 15.4. The largest absolute Gasteiger partial charge is 0.500 e. The summed E-state index contributed by atoms with van der Waals surface area (Å²) < 4.78 is 17.3. The molecule has 0 heterocycles. The highest BCUT2D eigenvalue weighted by Crippen LogP contribution is 2.34. The zero-order valence-corrected chi connectivity index (χ0v) is 23.8. The average Bonchev–Trinajstić information content (AvgIpc) is 2.79. The molecule has 0 aliphatic heterocycles. The van der Waals surface area contributed by atoms with Crippen molar-refractivity contribution in [1.29, 1.82) is 0 Å². The van der Waals surface area contributed by atoms with Crippen LogP contribution < -0.4 is 5.73 Å². The van der Waals surface area contributed by atoms with E-state index in [1.807, 2.05) is 0 Å². The van der Waals surface area contributed by atoms with E-state index in [2.05, 4.69) is 20.8 Å². The van der Waals surface area contributed by atoms with Gasteiger partial charge in [0.05, 0.1) is 0 Å². The van der Waals surface area contributed by atoms with E-state index in [0.717, 1.165) is 18.9 Å². The molecular weight excluding hydrogens is 414 g/mol. The lowest BCUT2D eigenvalue weighted by molar-refractivity contribution is 0.108. The Bertz CT molecular complexity index is 394. The minimum absolute atomic E-state index is 0.197. The number of hydrogen-bond acceptors (Lipinski definition) is 4. The molecule has 0 radical (unpaired) electrons. The van der Waals surface area contributed by atoms with Crippen molar-refractivity contribution in [1.82, 2.24) is 0 Å². The quantitative estimate of drug-likeness (QED) is 0.113. The molecule has 0 aromatic carbocycles. The van der Waals surface area contributed by atoms with E-state index in [1.54, 1.807) is 21.3 Å². The van der Waals surface area contributed by atoms with Gasteiger partial charge in [-0.15, -0.1) is 0 Å². The third kappa shape index (κ3) is 15.1. The fourth-order valence-corrected chi connectivity index (χ4v) is 7.11.